The minimum absolute atomic E-state index is 0.166. The van der Waals surface area contributed by atoms with Gasteiger partial charge in [-0.25, -0.2) is 0 Å². The molecule has 3 unspecified atom stereocenters. The molecular formula is C26H35ClN2O. The van der Waals surface area contributed by atoms with E-state index in [1.807, 2.05) is 0 Å². The summed E-state index contributed by atoms with van der Waals surface area (Å²) >= 11 is 6.35. The number of halogens is 1. The summed E-state index contributed by atoms with van der Waals surface area (Å²) in [4.78, 5) is 16.5. The van der Waals surface area contributed by atoms with Crippen molar-refractivity contribution in [2.45, 2.75) is 69.2 Å². The lowest BCUT2D eigenvalue weighted by Gasteiger charge is -2.66. The highest BCUT2D eigenvalue weighted by atomic mass is 35.5. The van der Waals surface area contributed by atoms with Crippen molar-refractivity contribution in [3.63, 3.8) is 0 Å². The van der Waals surface area contributed by atoms with Crippen molar-refractivity contribution in [3.8, 4) is 0 Å². The van der Waals surface area contributed by atoms with Crippen LogP contribution in [-0.4, -0.2) is 42.4 Å². The van der Waals surface area contributed by atoms with Gasteiger partial charge < -0.3 is 10.2 Å². The summed E-state index contributed by atoms with van der Waals surface area (Å²) in [6.07, 6.45) is 10.5. The number of fused-ring (bicyclic) bond motifs is 3. The maximum atomic E-state index is 14.0. The Morgan fingerprint density at radius 1 is 1.07 bits per heavy atom. The van der Waals surface area contributed by atoms with Gasteiger partial charge in [0.25, 0.3) is 0 Å². The molecule has 3 heterocycles. The molecule has 1 N–H and O–H groups in total. The number of alkyl halides is 1. The van der Waals surface area contributed by atoms with E-state index < -0.39 is 0 Å². The van der Waals surface area contributed by atoms with Crippen LogP contribution in [0.25, 0.3) is 0 Å². The molecule has 7 fully saturated rings. The van der Waals surface area contributed by atoms with Gasteiger partial charge in [0.1, 0.15) is 0 Å². The van der Waals surface area contributed by atoms with Crippen LogP contribution in [0.15, 0.2) is 30.3 Å². The molecule has 8 rings (SSSR count). The summed E-state index contributed by atoms with van der Waals surface area (Å²) < 4.78 is 0. The van der Waals surface area contributed by atoms with Crippen LogP contribution < -0.4 is 5.32 Å². The molecule has 1 aromatic carbocycles. The van der Waals surface area contributed by atoms with Crippen molar-refractivity contribution in [3.05, 3.63) is 35.9 Å². The lowest BCUT2D eigenvalue weighted by Crippen LogP contribution is -2.65. The van der Waals surface area contributed by atoms with E-state index in [0.717, 1.165) is 38.1 Å². The maximum absolute atomic E-state index is 14.0. The van der Waals surface area contributed by atoms with E-state index in [0.29, 0.717) is 23.8 Å². The van der Waals surface area contributed by atoms with E-state index in [9.17, 15) is 4.79 Å². The van der Waals surface area contributed by atoms with Crippen LogP contribution in [0.2, 0.25) is 0 Å². The number of benzene rings is 1. The normalized spacial score (nSPS) is 46.2. The van der Waals surface area contributed by atoms with Crippen LogP contribution in [0.3, 0.4) is 0 Å². The Bertz CT molecular complexity index is 822. The number of nitrogens with zero attached hydrogens (tertiary/aromatic N) is 1. The first kappa shape index (κ1) is 19.6. The number of nitrogens with one attached hydrogen (secondary N) is 1. The highest BCUT2D eigenvalue weighted by molar-refractivity contribution is 6.17. The predicted octanol–water partition coefficient (Wildman–Crippen LogP) is 4.73. The Balaban J connectivity index is 1.33. The van der Waals surface area contributed by atoms with Gasteiger partial charge in [0.05, 0.1) is 5.41 Å². The zero-order valence-electron chi connectivity index (χ0n) is 18.0. The smallest absolute Gasteiger partial charge is 0.226 e. The zero-order chi connectivity index (χ0) is 20.4. The molecule has 5 atom stereocenters. The Kier molecular flexibility index (Phi) is 4.56. The number of carbonyl (C=O) groups is 1. The molecule has 4 aliphatic carbocycles. The fourth-order valence-electron chi connectivity index (χ4n) is 8.93. The molecule has 7 aliphatic rings. The highest BCUT2D eigenvalue weighted by Gasteiger charge is 2.65. The molecule has 0 spiro atoms. The van der Waals surface area contributed by atoms with Crippen LogP contribution in [-0.2, 0) is 10.2 Å². The quantitative estimate of drug-likeness (QED) is 0.690. The van der Waals surface area contributed by atoms with E-state index in [1.165, 1.54) is 50.8 Å². The fraction of sp³-hybridized carbons (Fsp3) is 0.731. The van der Waals surface area contributed by atoms with Crippen molar-refractivity contribution < 1.29 is 4.79 Å². The second kappa shape index (κ2) is 6.97. The molecule has 30 heavy (non-hydrogen) atoms. The predicted molar refractivity (Wildman–Crippen MR) is 121 cm³/mol. The van der Waals surface area contributed by atoms with Gasteiger partial charge in [-0.15, -0.1) is 11.6 Å². The van der Waals surface area contributed by atoms with Crippen molar-refractivity contribution in [2.24, 2.45) is 22.7 Å². The maximum Gasteiger partial charge on any atom is 0.226 e. The molecule has 162 valence electrons. The molecule has 0 radical (unpaired) electrons. The molecule has 6 bridgehead atoms. The van der Waals surface area contributed by atoms with Gasteiger partial charge in [0, 0.05) is 18.5 Å². The number of rotatable bonds is 5. The molecule has 0 aromatic heterocycles. The molecule has 4 saturated carbocycles. The number of piperidine rings is 3. The third kappa shape index (κ3) is 2.98. The Labute approximate surface area is 185 Å². The SMILES string of the molecule is O=C(N[C@@H]1CN2CCC1CC2)C12CC3CC(CCCl)(C1)C[C@@](c1ccccc1)(C3)C2. The third-order valence-electron chi connectivity index (χ3n) is 9.65. The molecule has 3 nitrogen and oxygen atoms in total. The second-order valence-corrected chi connectivity index (χ2v) is 12.0. The average Bonchev–Trinajstić information content (AvgIpc) is 2.74. The standard InChI is InChI=1S/C26H35ClN2O/c27-9-8-24-12-19-13-25(16-24,21-4-2-1-3-5-21)18-26(14-19,17-24)23(30)28-22-15-29-10-6-20(22)7-11-29/h1-5,19-20,22H,6-18H2,(H,28,30)/t19?,22-,24?,25+,26?/m1/s1. The Hall–Kier alpha value is -1.06. The monoisotopic (exact) mass is 426 g/mol. The second-order valence-electron chi connectivity index (χ2n) is 11.6. The summed E-state index contributed by atoms with van der Waals surface area (Å²) in [5.41, 5.74) is 1.70. The first-order valence-electron chi connectivity index (χ1n) is 12.2. The zero-order valence-corrected chi connectivity index (χ0v) is 18.8. The first-order valence-corrected chi connectivity index (χ1v) is 12.7. The van der Waals surface area contributed by atoms with E-state index in [4.69, 9.17) is 11.6 Å². The number of amides is 1. The van der Waals surface area contributed by atoms with E-state index >= 15 is 0 Å². The van der Waals surface area contributed by atoms with E-state index in [2.05, 4.69) is 40.5 Å². The molecule has 1 amide bonds. The number of carbonyl (C=O) groups excluding carboxylic acids is 1. The summed E-state index contributed by atoms with van der Waals surface area (Å²) in [5.74, 6) is 2.45. The number of hydrogen-bond donors (Lipinski definition) is 1. The van der Waals surface area contributed by atoms with Crippen molar-refractivity contribution in [2.75, 3.05) is 25.5 Å². The van der Waals surface area contributed by atoms with E-state index in [1.54, 1.807) is 0 Å². The minimum atomic E-state index is -0.187. The van der Waals surface area contributed by atoms with Gasteiger partial charge in [0.2, 0.25) is 5.91 Å². The van der Waals surface area contributed by atoms with Gasteiger partial charge >= 0.3 is 0 Å². The summed E-state index contributed by atoms with van der Waals surface area (Å²) in [6, 6.07) is 11.5. The summed E-state index contributed by atoms with van der Waals surface area (Å²) in [7, 11) is 0. The fourth-order valence-corrected chi connectivity index (χ4v) is 9.34. The van der Waals surface area contributed by atoms with Crippen LogP contribution >= 0.6 is 11.6 Å². The lowest BCUT2D eigenvalue weighted by molar-refractivity contribution is -0.164. The average molecular weight is 427 g/mol. The van der Waals surface area contributed by atoms with Gasteiger partial charge in [0.15, 0.2) is 0 Å². The van der Waals surface area contributed by atoms with Gasteiger partial charge in [-0.1, -0.05) is 30.3 Å². The summed E-state index contributed by atoms with van der Waals surface area (Å²) in [5, 5.41) is 3.62. The van der Waals surface area contributed by atoms with Crippen LogP contribution in [0.5, 0.6) is 0 Å². The van der Waals surface area contributed by atoms with Crippen molar-refractivity contribution in [1.29, 1.82) is 0 Å². The van der Waals surface area contributed by atoms with Crippen LogP contribution in [0, 0.1) is 22.7 Å². The minimum Gasteiger partial charge on any atom is -0.351 e. The van der Waals surface area contributed by atoms with Gasteiger partial charge in [-0.2, -0.15) is 0 Å². The highest BCUT2D eigenvalue weighted by Crippen LogP contribution is 2.71. The van der Waals surface area contributed by atoms with Gasteiger partial charge in [-0.05, 0) is 99.1 Å². The van der Waals surface area contributed by atoms with E-state index in [-0.39, 0.29) is 16.2 Å². The lowest BCUT2D eigenvalue weighted by atomic mass is 9.38. The molecular weight excluding hydrogens is 392 g/mol. The van der Waals surface area contributed by atoms with Gasteiger partial charge in [-0.3, -0.25) is 4.79 Å². The van der Waals surface area contributed by atoms with Crippen molar-refractivity contribution >= 4 is 17.5 Å². The summed E-state index contributed by atoms with van der Waals surface area (Å²) in [6.45, 7) is 3.51. The first-order chi connectivity index (χ1) is 14.5. The molecule has 1 aromatic rings. The Morgan fingerprint density at radius 2 is 1.87 bits per heavy atom. The number of hydrogen-bond acceptors (Lipinski definition) is 2. The Morgan fingerprint density at radius 3 is 2.57 bits per heavy atom. The molecule has 3 aliphatic heterocycles. The topological polar surface area (TPSA) is 32.3 Å². The van der Waals surface area contributed by atoms with Crippen molar-refractivity contribution in [1.82, 2.24) is 10.2 Å². The van der Waals surface area contributed by atoms with Crippen LogP contribution in [0.1, 0.15) is 63.4 Å². The molecule has 3 saturated heterocycles. The molecule has 4 heteroatoms. The van der Waals surface area contributed by atoms with Crippen LogP contribution in [0.4, 0.5) is 0 Å². The largest absolute Gasteiger partial charge is 0.351 e. The third-order valence-corrected chi connectivity index (χ3v) is 9.84.